The first kappa shape index (κ1) is 14.9. The number of carboxylic acid groups (broad SMARTS) is 1. The summed E-state index contributed by atoms with van der Waals surface area (Å²) in [5.41, 5.74) is -0.677. The van der Waals surface area contributed by atoms with Crippen LogP contribution in [0.5, 0.6) is 0 Å². The van der Waals surface area contributed by atoms with E-state index in [0.29, 0.717) is 5.56 Å². The predicted octanol–water partition coefficient (Wildman–Crippen LogP) is 3.45. The Labute approximate surface area is 116 Å². The quantitative estimate of drug-likeness (QED) is 0.671. The lowest BCUT2D eigenvalue weighted by Gasteiger charge is -2.08. The average molecular weight is 303 g/mol. The fourth-order valence-corrected chi connectivity index (χ4v) is 1.75. The molecule has 1 heterocycles. The van der Waals surface area contributed by atoms with E-state index in [-0.39, 0.29) is 24.1 Å². The van der Waals surface area contributed by atoms with E-state index in [1.807, 2.05) is 0 Å². The molecule has 0 saturated carbocycles. The minimum absolute atomic E-state index is 0.0494. The van der Waals surface area contributed by atoms with Crippen molar-refractivity contribution in [2.45, 2.75) is 13.5 Å². The molecule has 0 aliphatic heterocycles. The number of halogens is 4. The van der Waals surface area contributed by atoms with Gasteiger partial charge in [0.1, 0.15) is 11.4 Å². The Balaban J connectivity index is 2.25. The number of hydrogen-bond acceptors (Lipinski definition) is 3. The van der Waals surface area contributed by atoms with Crippen molar-refractivity contribution < 1.29 is 31.9 Å². The van der Waals surface area contributed by atoms with E-state index in [0.717, 1.165) is 0 Å². The van der Waals surface area contributed by atoms with Gasteiger partial charge in [-0.1, -0.05) is 0 Å². The average Bonchev–Trinajstić information content (AvgIpc) is 2.78. The molecule has 0 fully saturated rings. The second kappa shape index (κ2) is 5.47. The Kier molecular flexibility index (Phi) is 3.88. The van der Waals surface area contributed by atoms with Crippen LogP contribution in [-0.2, 0) is 6.54 Å². The number of rotatable bonds is 4. The van der Waals surface area contributed by atoms with Gasteiger partial charge in [-0.3, -0.25) is 0 Å². The van der Waals surface area contributed by atoms with Crippen molar-refractivity contribution in [1.82, 2.24) is 0 Å². The van der Waals surface area contributed by atoms with Crippen LogP contribution in [0.3, 0.4) is 0 Å². The van der Waals surface area contributed by atoms with Gasteiger partial charge in [0.15, 0.2) is 23.3 Å². The Morgan fingerprint density at radius 3 is 2.24 bits per heavy atom. The molecule has 0 amide bonds. The highest BCUT2D eigenvalue weighted by Crippen LogP contribution is 2.25. The number of benzene rings is 1. The van der Waals surface area contributed by atoms with Crippen molar-refractivity contribution in [3.8, 4) is 0 Å². The van der Waals surface area contributed by atoms with E-state index < -0.39 is 34.9 Å². The summed E-state index contributed by atoms with van der Waals surface area (Å²) >= 11 is 0. The molecule has 21 heavy (non-hydrogen) atoms. The molecule has 0 radical (unpaired) electrons. The Hall–Kier alpha value is -2.51. The smallest absolute Gasteiger partial charge is 0.372 e. The van der Waals surface area contributed by atoms with Gasteiger partial charge in [0.2, 0.25) is 5.76 Å². The molecular weight excluding hydrogens is 294 g/mol. The standard InChI is InChI=1S/C13H9F4NO3/c1-5-2-6(21-12(5)13(19)20)4-18-11-9(16)7(14)3-8(15)10(11)17/h2-3,18H,4H2,1H3,(H,19,20). The van der Waals surface area contributed by atoms with Crippen LogP contribution in [-0.4, -0.2) is 11.1 Å². The van der Waals surface area contributed by atoms with E-state index in [9.17, 15) is 22.4 Å². The van der Waals surface area contributed by atoms with Crippen molar-refractivity contribution in [3.05, 3.63) is 52.5 Å². The maximum Gasteiger partial charge on any atom is 0.372 e. The number of aryl methyl sites for hydroxylation is 1. The maximum absolute atomic E-state index is 13.4. The van der Waals surface area contributed by atoms with E-state index >= 15 is 0 Å². The first-order valence-electron chi connectivity index (χ1n) is 5.70. The fraction of sp³-hybridized carbons (Fsp3) is 0.154. The lowest BCUT2D eigenvalue weighted by Crippen LogP contribution is -2.06. The summed E-state index contributed by atoms with van der Waals surface area (Å²) in [7, 11) is 0. The summed E-state index contributed by atoms with van der Waals surface area (Å²) in [5, 5.41) is 10.9. The molecule has 8 heteroatoms. The molecule has 1 aromatic carbocycles. The number of carboxylic acids is 1. The lowest BCUT2D eigenvalue weighted by molar-refractivity contribution is 0.0659. The molecule has 1 aromatic heterocycles. The van der Waals surface area contributed by atoms with Crippen LogP contribution in [0.4, 0.5) is 23.2 Å². The zero-order valence-electron chi connectivity index (χ0n) is 10.6. The second-order valence-corrected chi connectivity index (χ2v) is 4.23. The van der Waals surface area contributed by atoms with Crippen molar-refractivity contribution in [2.24, 2.45) is 0 Å². The minimum Gasteiger partial charge on any atom is -0.475 e. The monoisotopic (exact) mass is 303 g/mol. The summed E-state index contributed by atoms with van der Waals surface area (Å²) < 4.78 is 57.7. The number of hydrogen-bond donors (Lipinski definition) is 2. The van der Waals surface area contributed by atoms with Gasteiger partial charge in [0, 0.05) is 11.6 Å². The van der Waals surface area contributed by atoms with Gasteiger partial charge in [-0.15, -0.1) is 0 Å². The van der Waals surface area contributed by atoms with Crippen LogP contribution >= 0.6 is 0 Å². The van der Waals surface area contributed by atoms with Crippen molar-refractivity contribution in [2.75, 3.05) is 5.32 Å². The van der Waals surface area contributed by atoms with Crippen LogP contribution < -0.4 is 5.32 Å². The van der Waals surface area contributed by atoms with E-state index in [1.54, 1.807) is 0 Å². The Bertz CT molecular complexity index is 686. The molecule has 2 N–H and O–H groups in total. The predicted molar refractivity (Wildman–Crippen MR) is 64.0 cm³/mol. The van der Waals surface area contributed by atoms with Crippen LogP contribution in [0.1, 0.15) is 21.9 Å². The molecule has 0 aliphatic carbocycles. The van der Waals surface area contributed by atoms with Gasteiger partial charge in [-0.2, -0.15) is 0 Å². The highest BCUT2D eigenvalue weighted by Gasteiger charge is 2.20. The van der Waals surface area contributed by atoms with Gasteiger partial charge >= 0.3 is 5.97 Å². The van der Waals surface area contributed by atoms with Crippen LogP contribution in [0, 0.1) is 30.2 Å². The highest BCUT2D eigenvalue weighted by molar-refractivity contribution is 5.86. The first-order chi connectivity index (χ1) is 9.81. The molecule has 2 aromatic rings. The number of aromatic carboxylic acids is 1. The van der Waals surface area contributed by atoms with Gasteiger partial charge in [-0.25, -0.2) is 22.4 Å². The maximum atomic E-state index is 13.4. The zero-order chi connectivity index (χ0) is 15.7. The molecule has 4 nitrogen and oxygen atoms in total. The summed E-state index contributed by atoms with van der Waals surface area (Å²) in [5.74, 6) is -7.80. The normalized spacial score (nSPS) is 10.7. The molecule has 0 aliphatic rings. The summed E-state index contributed by atoms with van der Waals surface area (Å²) in [6.07, 6.45) is 0. The molecule has 2 rings (SSSR count). The molecule has 112 valence electrons. The summed E-state index contributed by atoms with van der Waals surface area (Å²) in [6.45, 7) is 1.13. The summed E-state index contributed by atoms with van der Waals surface area (Å²) in [4.78, 5) is 10.8. The van der Waals surface area contributed by atoms with Crippen molar-refractivity contribution in [3.63, 3.8) is 0 Å². The van der Waals surface area contributed by atoms with Crippen LogP contribution in [0.25, 0.3) is 0 Å². The third-order valence-electron chi connectivity index (χ3n) is 2.71. The number of nitrogens with one attached hydrogen (secondary N) is 1. The molecule has 0 spiro atoms. The molecule has 0 unspecified atom stereocenters. The fourth-order valence-electron chi connectivity index (χ4n) is 1.75. The zero-order valence-corrected chi connectivity index (χ0v) is 10.6. The molecular formula is C13H9F4NO3. The van der Waals surface area contributed by atoms with Gasteiger partial charge in [0.05, 0.1) is 6.54 Å². The van der Waals surface area contributed by atoms with Crippen LogP contribution in [0.2, 0.25) is 0 Å². The van der Waals surface area contributed by atoms with E-state index in [2.05, 4.69) is 5.32 Å². The number of anilines is 1. The van der Waals surface area contributed by atoms with E-state index in [4.69, 9.17) is 9.52 Å². The molecule has 0 saturated heterocycles. The SMILES string of the molecule is Cc1cc(CNc2c(F)c(F)cc(F)c2F)oc1C(=O)O. The highest BCUT2D eigenvalue weighted by atomic mass is 19.2. The minimum atomic E-state index is -1.57. The second-order valence-electron chi connectivity index (χ2n) is 4.23. The lowest BCUT2D eigenvalue weighted by atomic mass is 10.2. The molecule has 0 atom stereocenters. The third kappa shape index (κ3) is 2.83. The van der Waals surface area contributed by atoms with Crippen molar-refractivity contribution in [1.29, 1.82) is 0 Å². The Morgan fingerprint density at radius 1 is 1.19 bits per heavy atom. The van der Waals surface area contributed by atoms with E-state index in [1.165, 1.54) is 13.0 Å². The summed E-state index contributed by atoms with van der Waals surface area (Å²) in [6, 6.07) is 1.43. The first-order valence-corrected chi connectivity index (χ1v) is 5.70. The topological polar surface area (TPSA) is 62.5 Å². The number of furan rings is 1. The van der Waals surface area contributed by atoms with Gasteiger partial charge in [-0.05, 0) is 13.0 Å². The van der Waals surface area contributed by atoms with Crippen LogP contribution in [0.15, 0.2) is 16.5 Å². The van der Waals surface area contributed by atoms with Crippen molar-refractivity contribution >= 4 is 11.7 Å². The molecule has 0 bridgehead atoms. The van der Waals surface area contributed by atoms with Gasteiger partial charge < -0.3 is 14.8 Å². The third-order valence-corrected chi connectivity index (χ3v) is 2.71. The van der Waals surface area contributed by atoms with Gasteiger partial charge in [0.25, 0.3) is 0 Å². The largest absolute Gasteiger partial charge is 0.475 e. The number of carbonyl (C=O) groups is 1. The Morgan fingerprint density at radius 2 is 1.76 bits per heavy atom.